The number of esters is 1. The quantitative estimate of drug-likeness (QED) is 0.449. The second-order valence-corrected chi connectivity index (χ2v) is 3.28. The van der Waals surface area contributed by atoms with Crippen molar-refractivity contribution in [3.8, 4) is 5.75 Å². The molecule has 0 aromatic heterocycles. The summed E-state index contributed by atoms with van der Waals surface area (Å²) in [6, 6.07) is 7.45. The second-order valence-electron chi connectivity index (χ2n) is 2.34. The zero-order chi connectivity index (χ0) is 8.39. The lowest BCUT2D eigenvalue weighted by Gasteiger charge is -2.02. The Bertz CT molecular complexity index is 309. The van der Waals surface area contributed by atoms with Crippen molar-refractivity contribution in [1.29, 1.82) is 0 Å². The van der Waals surface area contributed by atoms with Gasteiger partial charge in [-0.25, -0.2) is 0 Å². The van der Waals surface area contributed by atoms with E-state index in [1.165, 1.54) is 11.8 Å². The number of fused-ring (bicyclic) bond motifs is 1. The number of para-hydroxylation sites is 1. The van der Waals surface area contributed by atoms with Crippen molar-refractivity contribution in [2.75, 3.05) is 0 Å². The maximum Gasteiger partial charge on any atom is 0.312 e. The Labute approximate surface area is 74.9 Å². The summed E-state index contributed by atoms with van der Waals surface area (Å²) >= 11 is 1.42. The van der Waals surface area contributed by atoms with Crippen LogP contribution in [0.25, 0.3) is 0 Å². The first-order valence-corrected chi connectivity index (χ1v) is 4.37. The van der Waals surface area contributed by atoms with E-state index in [0.29, 0.717) is 5.75 Å². The van der Waals surface area contributed by atoms with Crippen molar-refractivity contribution in [3.63, 3.8) is 0 Å². The first-order chi connectivity index (χ1) is 5.86. The minimum atomic E-state index is -0.243. The van der Waals surface area contributed by atoms with Crippen LogP contribution in [0.3, 0.4) is 0 Å². The molecule has 1 heterocycles. The molecule has 0 bridgehead atoms. The third-order valence-corrected chi connectivity index (χ3v) is 2.32. The molecule has 12 heavy (non-hydrogen) atoms. The highest BCUT2D eigenvalue weighted by atomic mass is 32.2. The smallest absolute Gasteiger partial charge is 0.312 e. The van der Waals surface area contributed by atoms with Gasteiger partial charge in [0.05, 0.1) is 17.1 Å². The van der Waals surface area contributed by atoms with Crippen molar-refractivity contribution >= 4 is 17.7 Å². The molecule has 0 unspecified atom stereocenters. The van der Waals surface area contributed by atoms with Crippen molar-refractivity contribution in [1.82, 2.24) is 0 Å². The van der Waals surface area contributed by atoms with Gasteiger partial charge in [-0.3, -0.25) is 4.79 Å². The van der Waals surface area contributed by atoms with Gasteiger partial charge in [0.1, 0.15) is 5.75 Å². The Morgan fingerprint density at radius 2 is 2.25 bits per heavy atom. The summed E-state index contributed by atoms with van der Waals surface area (Å²) in [4.78, 5) is 11.9. The lowest BCUT2D eigenvalue weighted by Crippen LogP contribution is -2.05. The number of carbonyl (C=O) groups excluding carboxylic acids is 1. The first kappa shape index (κ1) is 7.68. The lowest BCUT2D eigenvalue weighted by molar-refractivity contribution is -0.133. The average Bonchev–Trinajstić information content (AvgIpc) is 2.25. The van der Waals surface area contributed by atoms with Gasteiger partial charge in [0, 0.05) is 0 Å². The van der Waals surface area contributed by atoms with E-state index in [4.69, 9.17) is 4.74 Å². The largest absolute Gasteiger partial charge is 0.425 e. The van der Waals surface area contributed by atoms with Crippen LogP contribution in [-0.2, 0) is 4.79 Å². The van der Waals surface area contributed by atoms with E-state index in [2.05, 4.69) is 5.75 Å². The molecular weight excluding hydrogens is 172 g/mol. The molecule has 0 amide bonds. The van der Waals surface area contributed by atoms with Crippen LogP contribution in [0.1, 0.15) is 6.42 Å². The SMILES string of the molecule is O=C1C[C]Sc2ccccc2O1. The maximum atomic E-state index is 10.9. The van der Waals surface area contributed by atoms with Crippen LogP contribution >= 0.6 is 11.8 Å². The Kier molecular flexibility index (Phi) is 2.04. The molecule has 60 valence electrons. The normalized spacial score (nSPS) is 16.2. The summed E-state index contributed by atoms with van der Waals surface area (Å²) in [6.45, 7) is 0. The van der Waals surface area contributed by atoms with Gasteiger partial charge in [0.2, 0.25) is 0 Å². The molecule has 2 radical (unpaired) electrons. The van der Waals surface area contributed by atoms with E-state index in [0.717, 1.165) is 4.90 Å². The van der Waals surface area contributed by atoms with Gasteiger partial charge >= 0.3 is 5.97 Å². The van der Waals surface area contributed by atoms with Gasteiger partial charge in [-0.2, -0.15) is 0 Å². The summed E-state index contributed by atoms with van der Waals surface area (Å²) in [7, 11) is 0. The van der Waals surface area contributed by atoms with Crippen LogP contribution in [0.5, 0.6) is 5.75 Å². The summed E-state index contributed by atoms with van der Waals surface area (Å²) < 4.78 is 5.03. The van der Waals surface area contributed by atoms with Gasteiger partial charge in [-0.1, -0.05) is 12.1 Å². The van der Waals surface area contributed by atoms with Crippen LogP contribution in [-0.4, -0.2) is 5.97 Å². The van der Waals surface area contributed by atoms with E-state index in [1.807, 2.05) is 18.2 Å². The predicted molar refractivity (Wildman–Crippen MR) is 45.8 cm³/mol. The van der Waals surface area contributed by atoms with Gasteiger partial charge in [0.15, 0.2) is 0 Å². The summed E-state index contributed by atoms with van der Waals surface area (Å²) in [5.74, 6) is 3.29. The van der Waals surface area contributed by atoms with E-state index >= 15 is 0 Å². The summed E-state index contributed by atoms with van der Waals surface area (Å²) in [5.41, 5.74) is 0. The first-order valence-electron chi connectivity index (χ1n) is 3.56. The molecule has 0 saturated heterocycles. The van der Waals surface area contributed by atoms with Gasteiger partial charge in [-0.05, 0) is 12.1 Å². The van der Waals surface area contributed by atoms with E-state index in [-0.39, 0.29) is 12.4 Å². The number of ether oxygens (including phenoxy) is 1. The van der Waals surface area contributed by atoms with Gasteiger partial charge in [-0.15, -0.1) is 11.8 Å². The number of hydrogen-bond acceptors (Lipinski definition) is 3. The van der Waals surface area contributed by atoms with Gasteiger partial charge < -0.3 is 4.74 Å². The minimum absolute atomic E-state index is 0.243. The fourth-order valence-electron chi connectivity index (χ4n) is 0.950. The standard InChI is InChI=1S/C9H6O2S/c10-9-5-6-12-8-4-2-1-3-7(8)11-9/h1-4H,5H2. The minimum Gasteiger partial charge on any atom is -0.425 e. The molecule has 0 fully saturated rings. The maximum absolute atomic E-state index is 10.9. The highest BCUT2D eigenvalue weighted by Crippen LogP contribution is 2.34. The topological polar surface area (TPSA) is 26.3 Å². The average molecular weight is 178 g/mol. The molecule has 1 aromatic carbocycles. The molecule has 2 nitrogen and oxygen atoms in total. The molecule has 3 heteroatoms. The van der Waals surface area contributed by atoms with E-state index < -0.39 is 0 Å². The van der Waals surface area contributed by atoms with Crippen LogP contribution in [0.15, 0.2) is 29.2 Å². The van der Waals surface area contributed by atoms with Crippen LogP contribution in [0.2, 0.25) is 0 Å². The monoisotopic (exact) mass is 178 g/mol. The highest BCUT2D eigenvalue weighted by molar-refractivity contribution is 8.01. The van der Waals surface area contributed by atoms with Crippen molar-refractivity contribution < 1.29 is 9.53 Å². The van der Waals surface area contributed by atoms with Crippen molar-refractivity contribution in [2.45, 2.75) is 11.3 Å². The fourth-order valence-corrected chi connectivity index (χ4v) is 1.65. The lowest BCUT2D eigenvalue weighted by atomic mass is 10.3. The number of hydrogen-bond donors (Lipinski definition) is 0. The van der Waals surface area contributed by atoms with Crippen molar-refractivity contribution in [3.05, 3.63) is 30.0 Å². The zero-order valence-corrected chi connectivity index (χ0v) is 7.06. The van der Waals surface area contributed by atoms with Crippen LogP contribution in [0, 0.1) is 5.75 Å². The Morgan fingerprint density at radius 1 is 1.42 bits per heavy atom. The third kappa shape index (κ3) is 1.46. The molecular formula is C9H6O2S. The zero-order valence-electron chi connectivity index (χ0n) is 6.24. The molecule has 0 N–H and O–H groups in total. The predicted octanol–water partition coefficient (Wildman–Crippen LogP) is 2.13. The van der Waals surface area contributed by atoms with Crippen molar-refractivity contribution in [2.24, 2.45) is 0 Å². The molecule has 0 spiro atoms. The number of benzene rings is 1. The summed E-state index contributed by atoms with van der Waals surface area (Å²) in [6.07, 6.45) is 0.249. The number of rotatable bonds is 0. The number of carbonyl (C=O) groups is 1. The fraction of sp³-hybridized carbons (Fsp3) is 0.111. The van der Waals surface area contributed by atoms with E-state index in [9.17, 15) is 4.79 Å². The Morgan fingerprint density at radius 3 is 3.17 bits per heavy atom. The van der Waals surface area contributed by atoms with Gasteiger partial charge in [0.25, 0.3) is 0 Å². The molecule has 0 aliphatic carbocycles. The third-order valence-electron chi connectivity index (χ3n) is 1.47. The Hall–Kier alpha value is -0.960. The molecule has 0 saturated carbocycles. The van der Waals surface area contributed by atoms with Crippen LogP contribution < -0.4 is 4.74 Å². The molecule has 1 aromatic rings. The van der Waals surface area contributed by atoms with E-state index in [1.54, 1.807) is 6.07 Å². The number of thioether (sulfide) groups is 1. The highest BCUT2D eigenvalue weighted by Gasteiger charge is 2.14. The Balaban J connectivity index is 2.37. The van der Waals surface area contributed by atoms with Crippen LogP contribution in [0.4, 0.5) is 0 Å². The molecule has 1 aliphatic rings. The molecule has 2 rings (SSSR count). The molecule has 0 atom stereocenters. The molecule has 1 aliphatic heterocycles. The second kappa shape index (κ2) is 3.19. The summed E-state index contributed by atoms with van der Waals surface area (Å²) in [5, 5.41) is 0.